The van der Waals surface area contributed by atoms with Crippen molar-refractivity contribution in [1.29, 1.82) is 0 Å². The summed E-state index contributed by atoms with van der Waals surface area (Å²) in [5, 5.41) is 1.24. The molecule has 1 aliphatic rings. The molecule has 6 nitrogen and oxygen atoms in total. The number of aromatic amines is 1. The van der Waals surface area contributed by atoms with Gasteiger partial charge in [0.1, 0.15) is 0 Å². The highest BCUT2D eigenvalue weighted by Crippen LogP contribution is 2.37. The molecule has 0 amide bonds. The Kier molecular flexibility index (Phi) is 4.66. The Hall–Kier alpha value is -1.17. The van der Waals surface area contributed by atoms with Crippen LogP contribution < -0.4 is 0 Å². The van der Waals surface area contributed by atoms with E-state index in [1.807, 2.05) is 18.3 Å². The number of rotatable bonds is 6. The van der Waals surface area contributed by atoms with Gasteiger partial charge in [0.2, 0.25) is 0 Å². The highest BCUT2D eigenvalue weighted by Gasteiger charge is 2.27. The summed E-state index contributed by atoms with van der Waals surface area (Å²) in [5.41, 5.74) is 2.41. The molecule has 1 aliphatic heterocycles. The van der Waals surface area contributed by atoms with Gasteiger partial charge in [0.15, 0.2) is 0 Å². The van der Waals surface area contributed by atoms with E-state index in [1.54, 1.807) is 0 Å². The first-order valence-electron chi connectivity index (χ1n) is 7.52. The number of nitrogens with zero attached hydrogens (tertiary/aromatic N) is 1. The SMILES string of the molecule is O=P(O)(O)OC[C@@H]1CCCN1CCc1c[nH]c2ccccc12. The molecular weight excluding hydrogens is 303 g/mol. The van der Waals surface area contributed by atoms with Gasteiger partial charge in [-0.3, -0.25) is 9.42 Å². The molecule has 22 heavy (non-hydrogen) atoms. The second-order valence-corrected chi connectivity index (χ2v) is 6.97. The van der Waals surface area contributed by atoms with Gasteiger partial charge in [-0.25, -0.2) is 4.57 Å². The molecule has 0 spiro atoms. The van der Waals surface area contributed by atoms with Crippen molar-refractivity contribution in [2.75, 3.05) is 19.7 Å². The summed E-state index contributed by atoms with van der Waals surface area (Å²) >= 11 is 0. The van der Waals surface area contributed by atoms with Crippen molar-refractivity contribution in [3.63, 3.8) is 0 Å². The van der Waals surface area contributed by atoms with Crippen LogP contribution in [0.5, 0.6) is 0 Å². The molecule has 3 rings (SSSR count). The molecule has 3 N–H and O–H groups in total. The number of phosphoric acid groups is 1. The fourth-order valence-corrected chi connectivity index (χ4v) is 3.53. The topological polar surface area (TPSA) is 85.8 Å². The van der Waals surface area contributed by atoms with Crippen LogP contribution in [0, 0.1) is 0 Å². The molecule has 1 aromatic heterocycles. The number of aromatic nitrogens is 1. The number of para-hydroxylation sites is 1. The van der Waals surface area contributed by atoms with Gasteiger partial charge >= 0.3 is 7.82 Å². The average molecular weight is 324 g/mol. The van der Waals surface area contributed by atoms with Gasteiger partial charge in [-0.05, 0) is 37.4 Å². The zero-order valence-corrected chi connectivity index (χ0v) is 13.2. The lowest BCUT2D eigenvalue weighted by molar-refractivity contribution is 0.135. The Bertz CT molecular complexity index is 681. The molecule has 0 radical (unpaired) electrons. The lowest BCUT2D eigenvalue weighted by Crippen LogP contribution is -2.34. The monoisotopic (exact) mass is 324 g/mol. The Morgan fingerprint density at radius 2 is 2.18 bits per heavy atom. The molecule has 2 heterocycles. The zero-order valence-electron chi connectivity index (χ0n) is 12.3. The fraction of sp³-hybridized carbons (Fsp3) is 0.467. The highest BCUT2D eigenvalue weighted by atomic mass is 31.2. The first kappa shape index (κ1) is 15.7. The van der Waals surface area contributed by atoms with Crippen molar-refractivity contribution in [1.82, 2.24) is 9.88 Å². The number of hydrogen-bond acceptors (Lipinski definition) is 3. The number of phosphoric ester groups is 1. The lowest BCUT2D eigenvalue weighted by Gasteiger charge is -2.24. The predicted octanol–water partition coefficient (Wildman–Crippen LogP) is 2.28. The van der Waals surface area contributed by atoms with E-state index in [9.17, 15) is 4.57 Å². The third-order valence-corrected chi connectivity index (χ3v) is 4.76. The van der Waals surface area contributed by atoms with Crippen molar-refractivity contribution in [3.8, 4) is 0 Å². The molecule has 1 saturated heterocycles. The molecule has 0 unspecified atom stereocenters. The van der Waals surface area contributed by atoms with Gasteiger partial charge in [-0.15, -0.1) is 0 Å². The zero-order chi connectivity index (χ0) is 15.6. The number of likely N-dealkylation sites (tertiary alicyclic amines) is 1. The minimum Gasteiger partial charge on any atom is -0.361 e. The number of H-pyrrole nitrogens is 1. The third-order valence-electron chi connectivity index (χ3n) is 4.28. The van der Waals surface area contributed by atoms with E-state index >= 15 is 0 Å². The van der Waals surface area contributed by atoms with Crippen LogP contribution in [0.25, 0.3) is 10.9 Å². The average Bonchev–Trinajstić information content (AvgIpc) is 3.09. The summed E-state index contributed by atoms with van der Waals surface area (Å²) in [4.78, 5) is 23.2. The van der Waals surface area contributed by atoms with Crippen LogP contribution >= 0.6 is 7.82 Å². The van der Waals surface area contributed by atoms with Gasteiger partial charge in [0.05, 0.1) is 6.61 Å². The van der Waals surface area contributed by atoms with Crippen LogP contribution in [0.2, 0.25) is 0 Å². The summed E-state index contributed by atoms with van der Waals surface area (Å²) in [6.07, 6.45) is 4.93. The molecule has 0 saturated carbocycles. The summed E-state index contributed by atoms with van der Waals surface area (Å²) in [6.45, 7) is 1.92. The maximum Gasteiger partial charge on any atom is 0.469 e. The first-order chi connectivity index (χ1) is 10.5. The van der Waals surface area contributed by atoms with Crippen molar-refractivity contribution in [3.05, 3.63) is 36.0 Å². The molecule has 1 fully saturated rings. The predicted molar refractivity (Wildman–Crippen MR) is 84.6 cm³/mol. The summed E-state index contributed by atoms with van der Waals surface area (Å²) in [7, 11) is -4.38. The van der Waals surface area contributed by atoms with Crippen LogP contribution in [-0.2, 0) is 15.5 Å². The van der Waals surface area contributed by atoms with Gasteiger partial charge in [-0.1, -0.05) is 18.2 Å². The molecule has 120 valence electrons. The number of fused-ring (bicyclic) bond motifs is 1. The molecule has 1 aromatic carbocycles. The second-order valence-electron chi connectivity index (χ2n) is 5.73. The van der Waals surface area contributed by atoms with Gasteiger partial charge in [0, 0.05) is 29.7 Å². The highest BCUT2D eigenvalue weighted by molar-refractivity contribution is 7.46. The maximum atomic E-state index is 10.8. The number of nitrogens with one attached hydrogen (secondary N) is 1. The van der Waals surface area contributed by atoms with Crippen LogP contribution in [-0.4, -0.2) is 45.4 Å². The third kappa shape index (κ3) is 3.77. The van der Waals surface area contributed by atoms with Crippen LogP contribution in [0.4, 0.5) is 0 Å². The van der Waals surface area contributed by atoms with Crippen molar-refractivity contribution < 1.29 is 18.9 Å². The Balaban J connectivity index is 1.59. The molecule has 7 heteroatoms. The van der Waals surface area contributed by atoms with E-state index in [0.29, 0.717) is 0 Å². The Morgan fingerprint density at radius 1 is 1.36 bits per heavy atom. The van der Waals surface area contributed by atoms with E-state index in [2.05, 4.69) is 26.5 Å². The van der Waals surface area contributed by atoms with E-state index in [-0.39, 0.29) is 12.6 Å². The van der Waals surface area contributed by atoms with Crippen molar-refractivity contribution >= 4 is 18.7 Å². The van der Waals surface area contributed by atoms with E-state index < -0.39 is 7.82 Å². The fourth-order valence-electron chi connectivity index (χ4n) is 3.16. The smallest absolute Gasteiger partial charge is 0.361 e. The van der Waals surface area contributed by atoms with Gasteiger partial charge in [-0.2, -0.15) is 0 Å². The largest absolute Gasteiger partial charge is 0.469 e. The molecule has 0 bridgehead atoms. The van der Waals surface area contributed by atoms with Crippen LogP contribution in [0.3, 0.4) is 0 Å². The lowest BCUT2D eigenvalue weighted by atomic mass is 10.1. The van der Waals surface area contributed by atoms with Gasteiger partial charge in [0.25, 0.3) is 0 Å². The Labute approximate surface area is 129 Å². The number of hydrogen-bond donors (Lipinski definition) is 3. The Morgan fingerprint density at radius 3 is 3.00 bits per heavy atom. The van der Waals surface area contributed by atoms with E-state index in [1.165, 1.54) is 10.9 Å². The molecule has 1 atom stereocenters. The summed E-state index contributed by atoms with van der Waals surface area (Å²) in [5.74, 6) is 0. The quantitative estimate of drug-likeness (QED) is 0.710. The summed E-state index contributed by atoms with van der Waals surface area (Å²) < 4.78 is 15.5. The van der Waals surface area contributed by atoms with Crippen molar-refractivity contribution in [2.24, 2.45) is 0 Å². The normalized spacial score (nSPS) is 20.0. The van der Waals surface area contributed by atoms with Gasteiger partial charge < -0.3 is 14.8 Å². The maximum absolute atomic E-state index is 10.8. The number of benzene rings is 1. The molecule has 0 aliphatic carbocycles. The van der Waals surface area contributed by atoms with E-state index in [4.69, 9.17) is 9.79 Å². The van der Waals surface area contributed by atoms with E-state index in [0.717, 1.165) is 37.9 Å². The first-order valence-corrected chi connectivity index (χ1v) is 9.05. The minimum atomic E-state index is -4.38. The van der Waals surface area contributed by atoms with Crippen LogP contribution in [0.15, 0.2) is 30.5 Å². The molecular formula is C15H21N2O4P. The van der Waals surface area contributed by atoms with Crippen LogP contribution in [0.1, 0.15) is 18.4 Å². The molecule has 2 aromatic rings. The summed E-state index contributed by atoms with van der Waals surface area (Å²) in [6, 6.07) is 8.31. The minimum absolute atomic E-state index is 0.0952. The second kappa shape index (κ2) is 6.52. The van der Waals surface area contributed by atoms with Crippen molar-refractivity contribution in [2.45, 2.75) is 25.3 Å². The standard InChI is InChI=1S/C15H21N2O4P/c18-22(19,20)21-11-13-4-3-8-17(13)9-7-12-10-16-15-6-2-1-5-14(12)15/h1-2,5-6,10,13,16H,3-4,7-9,11H2,(H2,18,19,20)/t13-/m0/s1.